The number of anilines is 1. The summed E-state index contributed by atoms with van der Waals surface area (Å²) in [5.74, 6) is -2.15. The minimum atomic E-state index is -1.08. The minimum Gasteiger partial charge on any atom is -0.481 e. The standard InChI is InChI=1S/C22H25ClN2O2.C4H6O4/c23-20-6-2-1-4-16(20)9-13-27-22(26)25-12-3-5-19-14-17-7-10-24-11-8-18(17)15-21(19)25;5-3(6)1-2-4(7)8/h1-2,4,6,14-15,24H,3,5,7-13H2;1-2H2,(H,5,6)(H,7,8). The Morgan fingerprint density at radius 1 is 0.943 bits per heavy atom. The largest absolute Gasteiger partial charge is 0.481 e. The van der Waals surface area contributed by atoms with E-state index in [2.05, 4.69) is 17.4 Å². The Balaban J connectivity index is 0.000000371. The molecule has 2 aromatic carbocycles. The summed E-state index contributed by atoms with van der Waals surface area (Å²) >= 11 is 6.18. The predicted molar refractivity (Wildman–Crippen MR) is 133 cm³/mol. The number of fused-ring (bicyclic) bond motifs is 2. The normalized spacial score (nSPS) is 14.5. The molecular weight excluding hydrogens is 472 g/mol. The highest BCUT2D eigenvalue weighted by molar-refractivity contribution is 6.31. The Morgan fingerprint density at radius 3 is 2.26 bits per heavy atom. The van der Waals surface area contributed by atoms with Gasteiger partial charge in [-0.1, -0.05) is 35.9 Å². The third-order valence-corrected chi connectivity index (χ3v) is 6.36. The maximum atomic E-state index is 12.7. The van der Waals surface area contributed by atoms with Crippen molar-refractivity contribution in [1.29, 1.82) is 0 Å². The van der Waals surface area contributed by atoms with E-state index >= 15 is 0 Å². The number of nitrogens with zero attached hydrogens (tertiary/aromatic N) is 1. The summed E-state index contributed by atoms with van der Waals surface area (Å²) in [4.78, 5) is 33.8. The molecule has 35 heavy (non-hydrogen) atoms. The number of carbonyl (C=O) groups is 3. The average Bonchev–Trinajstić information content (AvgIpc) is 3.07. The number of ether oxygens (including phenoxy) is 1. The van der Waals surface area contributed by atoms with Crippen molar-refractivity contribution in [3.63, 3.8) is 0 Å². The van der Waals surface area contributed by atoms with Gasteiger partial charge in [-0.25, -0.2) is 4.79 Å². The second-order valence-corrected chi connectivity index (χ2v) is 8.91. The lowest BCUT2D eigenvalue weighted by Gasteiger charge is -2.30. The van der Waals surface area contributed by atoms with E-state index in [9.17, 15) is 14.4 Å². The van der Waals surface area contributed by atoms with Crippen LogP contribution in [0, 0.1) is 0 Å². The molecule has 4 rings (SSSR count). The van der Waals surface area contributed by atoms with E-state index in [0.717, 1.165) is 56.6 Å². The van der Waals surface area contributed by atoms with E-state index in [0.29, 0.717) is 18.1 Å². The molecule has 0 saturated heterocycles. The molecular formula is C26H31ClN2O6. The van der Waals surface area contributed by atoms with E-state index in [1.165, 1.54) is 16.7 Å². The van der Waals surface area contributed by atoms with Gasteiger partial charge in [0.05, 0.1) is 25.1 Å². The molecule has 1 amide bonds. The summed E-state index contributed by atoms with van der Waals surface area (Å²) in [7, 11) is 0. The average molecular weight is 503 g/mol. The first-order valence-electron chi connectivity index (χ1n) is 11.8. The van der Waals surface area contributed by atoms with Gasteiger partial charge in [0.15, 0.2) is 0 Å². The number of amides is 1. The second kappa shape index (κ2) is 13.1. The molecule has 2 aliphatic heterocycles. The minimum absolute atomic E-state index is 0.255. The van der Waals surface area contributed by atoms with Crippen LogP contribution in [0.1, 0.15) is 41.5 Å². The highest BCUT2D eigenvalue weighted by Gasteiger charge is 2.25. The monoisotopic (exact) mass is 502 g/mol. The zero-order valence-corrected chi connectivity index (χ0v) is 20.4. The molecule has 3 N–H and O–H groups in total. The molecule has 0 saturated carbocycles. The van der Waals surface area contributed by atoms with E-state index in [1.54, 1.807) is 0 Å². The molecule has 0 aliphatic carbocycles. The van der Waals surface area contributed by atoms with Crippen LogP contribution in [0.15, 0.2) is 36.4 Å². The number of carboxylic acid groups (broad SMARTS) is 2. The fourth-order valence-corrected chi connectivity index (χ4v) is 4.42. The highest BCUT2D eigenvalue weighted by Crippen LogP contribution is 2.32. The van der Waals surface area contributed by atoms with Gasteiger partial charge < -0.3 is 20.3 Å². The Kier molecular flexibility index (Phi) is 9.93. The van der Waals surface area contributed by atoms with Gasteiger partial charge in [-0.2, -0.15) is 0 Å². The van der Waals surface area contributed by atoms with Crippen LogP contribution in [0.2, 0.25) is 5.02 Å². The molecule has 0 spiro atoms. The van der Waals surface area contributed by atoms with Crippen LogP contribution in [0.5, 0.6) is 0 Å². The fraction of sp³-hybridized carbons (Fsp3) is 0.423. The van der Waals surface area contributed by atoms with Gasteiger partial charge >= 0.3 is 18.0 Å². The van der Waals surface area contributed by atoms with Crippen molar-refractivity contribution in [3.05, 3.63) is 63.7 Å². The molecule has 0 fully saturated rings. The summed E-state index contributed by atoms with van der Waals surface area (Å²) in [5.41, 5.74) is 6.08. The van der Waals surface area contributed by atoms with Gasteiger partial charge in [-0.15, -0.1) is 0 Å². The first kappa shape index (κ1) is 26.5. The number of carboxylic acids is 2. The van der Waals surface area contributed by atoms with E-state index < -0.39 is 11.9 Å². The third kappa shape index (κ3) is 7.97. The molecule has 2 aromatic rings. The van der Waals surface area contributed by atoms with Gasteiger partial charge in [-0.3, -0.25) is 14.5 Å². The molecule has 2 heterocycles. The van der Waals surface area contributed by atoms with Crippen LogP contribution < -0.4 is 10.2 Å². The van der Waals surface area contributed by atoms with Gasteiger partial charge in [0.25, 0.3) is 0 Å². The van der Waals surface area contributed by atoms with Gasteiger partial charge in [0.2, 0.25) is 0 Å². The second-order valence-electron chi connectivity index (χ2n) is 8.50. The van der Waals surface area contributed by atoms with Crippen molar-refractivity contribution in [3.8, 4) is 0 Å². The summed E-state index contributed by atoms with van der Waals surface area (Å²) in [6.07, 6.45) is 3.85. The maximum Gasteiger partial charge on any atom is 0.414 e. The lowest BCUT2D eigenvalue weighted by molar-refractivity contribution is -0.143. The summed E-state index contributed by atoms with van der Waals surface area (Å²) in [5, 5.41) is 20.0. The molecule has 8 nitrogen and oxygen atoms in total. The van der Waals surface area contributed by atoms with Crippen molar-refractivity contribution in [1.82, 2.24) is 5.32 Å². The number of hydrogen-bond acceptors (Lipinski definition) is 5. The third-order valence-electron chi connectivity index (χ3n) is 5.99. The molecule has 0 unspecified atom stereocenters. The van der Waals surface area contributed by atoms with Crippen molar-refractivity contribution in [2.45, 2.75) is 44.9 Å². The molecule has 0 aromatic heterocycles. The van der Waals surface area contributed by atoms with Crippen LogP contribution in [0.3, 0.4) is 0 Å². The fourth-order valence-electron chi connectivity index (χ4n) is 4.19. The maximum absolute atomic E-state index is 12.7. The quantitative estimate of drug-likeness (QED) is 0.544. The first-order chi connectivity index (χ1) is 16.8. The van der Waals surface area contributed by atoms with Crippen molar-refractivity contribution in [2.24, 2.45) is 0 Å². The molecule has 188 valence electrons. The zero-order valence-electron chi connectivity index (χ0n) is 19.6. The summed E-state index contributed by atoms with van der Waals surface area (Å²) in [6.45, 7) is 3.08. The van der Waals surface area contributed by atoms with E-state index in [4.69, 9.17) is 26.6 Å². The van der Waals surface area contributed by atoms with Crippen molar-refractivity contribution in [2.75, 3.05) is 31.1 Å². The lowest BCUT2D eigenvalue weighted by atomic mass is 9.93. The van der Waals surface area contributed by atoms with Crippen LogP contribution in [-0.2, 0) is 40.0 Å². The topological polar surface area (TPSA) is 116 Å². The van der Waals surface area contributed by atoms with Crippen molar-refractivity contribution >= 4 is 35.3 Å². The summed E-state index contributed by atoms with van der Waals surface area (Å²) < 4.78 is 5.58. The molecule has 9 heteroatoms. The Labute approximate surface area is 209 Å². The first-order valence-corrected chi connectivity index (χ1v) is 12.2. The highest BCUT2D eigenvalue weighted by atomic mass is 35.5. The Hall–Kier alpha value is -3.10. The van der Waals surface area contributed by atoms with Gasteiger partial charge in [-0.05, 0) is 73.2 Å². The van der Waals surface area contributed by atoms with Crippen LogP contribution in [0.4, 0.5) is 10.5 Å². The van der Waals surface area contributed by atoms with Crippen LogP contribution in [0.25, 0.3) is 0 Å². The number of hydrogen-bond donors (Lipinski definition) is 3. The number of benzene rings is 2. The van der Waals surface area contributed by atoms with Gasteiger partial charge in [0.1, 0.15) is 0 Å². The number of nitrogens with one attached hydrogen (secondary N) is 1. The smallest absolute Gasteiger partial charge is 0.414 e. The Morgan fingerprint density at radius 2 is 1.60 bits per heavy atom. The lowest BCUT2D eigenvalue weighted by Crippen LogP contribution is -2.36. The SMILES string of the molecule is O=C(O)CCC(=O)O.O=C(OCCc1ccccc1Cl)N1CCCc2cc3c(cc21)CCNCC3. The molecule has 0 atom stereocenters. The molecule has 0 bridgehead atoms. The number of halogens is 1. The van der Waals surface area contributed by atoms with Crippen LogP contribution >= 0.6 is 11.6 Å². The number of carbonyl (C=O) groups excluding carboxylic acids is 1. The van der Waals surface area contributed by atoms with Crippen molar-refractivity contribution < 1.29 is 29.3 Å². The number of aliphatic carboxylic acids is 2. The van der Waals surface area contributed by atoms with Crippen LogP contribution in [-0.4, -0.2) is 54.5 Å². The number of rotatable bonds is 6. The van der Waals surface area contributed by atoms with E-state index in [-0.39, 0.29) is 18.9 Å². The van der Waals surface area contributed by atoms with Gasteiger partial charge in [0, 0.05) is 18.0 Å². The zero-order chi connectivity index (χ0) is 25.2. The predicted octanol–water partition coefficient (Wildman–Crippen LogP) is 4.10. The molecule has 0 radical (unpaired) electrons. The van der Waals surface area contributed by atoms with E-state index in [1.807, 2.05) is 29.2 Å². The Bertz CT molecular complexity index is 1040. The number of aryl methyl sites for hydroxylation is 1. The molecule has 2 aliphatic rings. The summed E-state index contributed by atoms with van der Waals surface area (Å²) in [6, 6.07) is 12.2.